The Bertz CT molecular complexity index is 2160. The van der Waals surface area contributed by atoms with Crippen LogP contribution < -0.4 is 0 Å². The summed E-state index contributed by atoms with van der Waals surface area (Å²) in [7, 11) is 0. The Labute approximate surface area is 443 Å². The van der Waals surface area contributed by atoms with E-state index in [1.807, 2.05) is 0 Å². The van der Waals surface area contributed by atoms with Gasteiger partial charge in [0.2, 0.25) is 0 Å². The van der Waals surface area contributed by atoms with Gasteiger partial charge in [-0.2, -0.15) is 0 Å². The van der Waals surface area contributed by atoms with Gasteiger partial charge in [0.05, 0.1) is 25.4 Å². The summed E-state index contributed by atoms with van der Waals surface area (Å²) >= 11 is 0. The van der Waals surface area contributed by atoms with Crippen LogP contribution in [0.4, 0.5) is 0 Å². The molecule has 28 atom stereocenters. The van der Waals surface area contributed by atoms with Crippen molar-refractivity contribution >= 4 is 11.8 Å². The van der Waals surface area contributed by atoms with E-state index in [4.69, 9.17) is 37.9 Å². The predicted molar refractivity (Wildman–Crippen MR) is 261 cm³/mol. The third-order valence-corrected chi connectivity index (χ3v) is 21.2. The van der Waals surface area contributed by atoms with Crippen LogP contribution in [0.5, 0.6) is 0 Å². The molecule has 4 heterocycles. The Morgan fingerprint density at radius 3 is 1.83 bits per heavy atom. The van der Waals surface area contributed by atoms with Crippen molar-refractivity contribution in [2.45, 2.75) is 249 Å². The third-order valence-electron chi connectivity index (χ3n) is 21.2. The summed E-state index contributed by atoms with van der Waals surface area (Å²) in [5.74, 6) is -0.730. The van der Waals surface area contributed by atoms with Crippen molar-refractivity contribution in [3.63, 3.8) is 0 Å². The summed E-state index contributed by atoms with van der Waals surface area (Å²) in [6, 6.07) is 0. The molecule has 5 aliphatic carbocycles. The molecule has 12 N–H and O–H groups in total. The van der Waals surface area contributed by atoms with Crippen LogP contribution in [0.3, 0.4) is 0 Å². The molecule has 0 aromatic rings. The van der Waals surface area contributed by atoms with Gasteiger partial charge < -0.3 is 99.2 Å². The number of carbonyl (C=O) groups excluding carboxylic acids is 1. The minimum Gasteiger partial charge on any atom is -0.479 e. The Balaban J connectivity index is 1.02. The lowest BCUT2D eigenvalue weighted by Gasteiger charge is -2.71. The number of allylic oxidation sites excluding steroid dienone is 2. The Morgan fingerprint density at radius 2 is 1.18 bits per heavy atom. The second-order valence-electron chi connectivity index (χ2n) is 26.4. The highest BCUT2D eigenvalue weighted by Crippen LogP contribution is 2.75. The summed E-state index contributed by atoms with van der Waals surface area (Å²) < 4.78 is 49.0. The summed E-state index contributed by atoms with van der Waals surface area (Å²) in [5.41, 5.74) is -0.0625. The molecule has 0 aromatic carbocycles. The van der Waals surface area contributed by atoms with Crippen molar-refractivity contribution in [1.82, 2.24) is 0 Å². The maximum atomic E-state index is 13.9. The first-order valence-electron chi connectivity index (χ1n) is 27.5. The van der Waals surface area contributed by atoms with E-state index < -0.39 is 154 Å². The van der Waals surface area contributed by atoms with Crippen LogP contribution in [0.15, 0.2) is 11.6 Å². The molecule has 0 radical (unpaired) electrons. The molecule has 0 unspecified atom stereocenters. The quantitative estimate of drug-likeness (QED) is 0.0939. The lowest BCUT2D eigenvalue weighted by atomic mass is 9.33. The summed E-state index contributed by atoms with van der Waals surface area (Å²) in [6.07, 6.45) is -28.0. The molecule has 22 nitrogen and oxygen atoms in total. The number of hydrogen-bond acceptors (Lipinski definition) is 21. The Morgan fingerprint density at radius 1 is 0.605 bits per heavy atom. The van der Waals surface area contributed by atoms with Gasteiger partial charge in [-0.3, -0.25) is 4.79 Å². The zero-order valence-corrected chi connectivity index (χ0v) is 45.2. The van der Waals surface area contributed by atoms with Crippen molar-refractivity contribution in [3.8, 4) is 0 Å². The van der Waals surface area contributed by atoms with E-state index in [1.54, 1.807) is 0 Å². The van der Waals surface area contributed by atoms with Gasteiger partial charge >= 0.3 is 5.97 Å². The molecule has 0 amide bonds. The van der Waals surface area contributed by atoms with Gasteiger partial charge in [0.1, 0.15) is 91.2 Å². The topological polar surface area (TPSA) is 351 Å². The van der Waals surface area contributed by atoms with Crippen molar-refractivity contribution < 1.29 is 109 Å². The number of aliphatic hydroxyl groups is 11. The normalized spacial score (nSPS) is 54.1. The first-order valence-corrected chi connectivity index (χ1v) is 27.5. The smallest absolute Gasteiger partial charge is 0.335 e. The first kappa shape index (κ1) is 58.8. The molecule has 4 saturated heterocycles. The summed E-state index contributed by atoms with van der Waals surface area (Å²) in [6.45, 7) is 17.7. The molecule has 4 saturated carbocycles. The fourth-order valence-corrected chi connectivity index (χ4v) is 16.4. The Kier molecular flexibility index (Phi) is 16.1. The number of carboxylic acids is 1. The third kappa shape index (κ3) is 9.39. The summed E-state index contributed by atoms with van der Waals surface area (Å²) in [4.78, 5) is 26.6. The van der Waals surface area contributed by atoms with E-state index >= 15 is 0 Å². The van der Waals surface area contributed by atoms with Crippen LogP contribution in [0, 0.1) is 50.2 Å². The van der Waals surface area contributed by atoms with Crippen LogP contribution in [-0.2, 0) is 47.5 Å². The monoisotopic (exact) mass is 1090 g/mol. The zero-order valence-electron chi connectivity index (χ0n) is 45.2. The highest BCUT2D eigenvalue weighted by atomic mass is 16.8. The van der Waals surface area contributed by atoms with Gasteiger partial charge in [0.25, 0.3) is 0 Å². The molecular weight excluding hydrogens is 1000 g/mol. The van der Waals surface area contributed by atoms with Crippen molar-refractivity contribution in [2.24, 2.45) is 50.2 Å². The number of ketones is 1. The molecule has 434 valence electrons. The van der Waals surface area contributed by atoms with E-state index in [2.05, 4.69) is 61.5 Å². The summed E-state index contributed by atoms with van der Waals surface area (Å²) in [5, 5.41) is 130. The minimum atomic E-state index is -2.13. The van der Waals surface area contributed by atoms with Gasteiger partial charge in [-0.15, -0.1) is 0 Å². The molecule has 0 aromatic heterocycles. The van der Waals surface area contributed by atoms with Gasteiger partial charge in [-0.25, -0.2) is 4.79 Å². The number of carbonyl (C=O) groups is 2. The number of fused-ring (bicyclic) bond motifs is 7. The molecule has 4 aliphatic heterocycles. The van der Waals surface area contributed by atoms with Crippen LogP contribution in [-0.4, -0.2) is 215 Å². The number of aliphatic hydroxyl groups excluding tert-OH is 11. The van der Waals surface area contributed by atoms with E-state index in [0.717, 1.165) is 38.5 Å². The van der Waals surface area contributed by atoms with Crippen LogP contribution >= 0.6 is 0 Å². The second-order valence-corrected chi connectivity index (χ2v) is 26.4. The molecule has 76 heavy (non-hydrogen) atoms. The molecule has 9 aliphatic rings. The fourth-order valence-electron chi connectivity index (χ4n) is 16.4. The van der Waals surface area contributed by atoms with Crippen LogP contribution in [0.1, 0.15) is 120 Å². The van der Waals surface area contributed by atoms with E-state index in [0.29, 0.717) is 25.0 Å². The second kappa shape index (κ2) is 20.8. The molecular formula is C54H86O22. The number of rotatable bonds is 11. The fraction of sp³-hybridized carbons (Fsp3) is 0.926. The predicted octanol–water partition coefficient (Wildman–Crippen LogP) is -0.235. The van der Waals surface area contributed by atoms with E-state index in [9.17, 15) is 70.9 Å². The van der Waals surface area contributed by atoms with Gasteiger partial charge in [0.15, 0.2) is 31.3 Å². The van der Waals surface area contributed by atoms with E-state index in [1.165, 1.54) is 12.5 Å². The number of hydrogen-bond donors (Lipinski definition) is 12. The molecule has 8 fully saturated rings. The number of aliphatic carboxylic acids is 1. The molecule has 0 bridgehead atoms. The lowest BCUT2D eigenvalue weighted by Crippen LogP contribution is -2.69. The number of ether oxygens (including phenoxy) is 8. The van der Waals surface area contributed by atoms with Crippen LogP contribution in [0.25, 0.3) is 0 Å². The van der Waals surface area contributed by atoms with Gasteiger partial charge in [0, 0.05) is 11.8 Å². The SMILES string of the molecule is C[C@@H]1O[C@@H](O[C@H]2[C@H](O[C@H]3[C@H](O[C@H]4CC[C@]5(C)[C@H]6CC=C7[C@@H]8CC(C)(C)CC(=O)[C@]8(C)CC[C@@]7(C)[C@]6(C)CC[C@H]5C4(C)C)O[C@H](C(=O)O)[C@@H](O)[C@@H]3O)O[C@H](CO)[C@H](O)[C@@H]2O[C@@H]2O[C@H](CO)[C@@H](O)[C@H](O)[C@H]2O)[C@H](O)[C@H](O)[C@H]1O. The minimum absolute atomic E-state index is 0.0675. The van der Waals surface area contributed by atoms with Gasteiger partial charge in [-0.05, 0) is 103 Å². The highest BCUT2D eigenvalue weighted by molar-refractivity contribution is 5.87. The molecule has 9 rings (SSSR count). The maximum absolute atomic E-state index is 13.9. The standard InChI is InChI=1S/C54H86O22/c1-22-31(58)34(61)38(65)45(69-22)76-43-40(73-46-39(66)35(62)32(59)25(20-55)70-46)33(60)26(21-56)71-48(43)75-42-37(64)36(63)41(44(67)68)74-47(42)72-30-13-14-52(7)27(50(30,4)5)12-15-54(9)28(52)11-10-23-24-18-49(2,3)19-29(57)51(24,6)16-17-53(23,54)8/h10,22,24-28,30-43,45-48,55-56,58-66H,11-21H2,1-9H3,(H,67,68)/t22-,24-,25+,26+,27-,28+,30-,31-,32+,33-,34+,35-,36-,37-,38+,39+,40-,41-,42+,43+,45-,46-,47+,48-,51+,52-,53+,54+/m0/s1. The highest BCUT2D eigenvalue weighted by Gasteiger charge is 2.69. The largest absolute Gasteiger partial charge is 0.479 e. The Hall–Kier alpha value is -1.88. The number of Topliss-reactive ketones (excluding diaryl/α,β-unsaturated/α-hetero) is 1. The first-order chi connectivity index (χ1) is 35.4. The van der Waals surface area contributed by atoms with Crippen LogP contribution in [0.2, 0.25) is 0 Å². The zero-order chi connectivity index (χ0) is 55.7. The van der Waals surface area contributed by atoms with Gasteiger partial charge in [-0.1, -0.05) is 67.0 Å². The van der Waals surface area contributed by atoms with Crippen molar-refractivity contribution in [3.05, 3.63) is 11.6 Å². The average Bonchev–Trinajstić information content (AvgIpc) is 3.51. The number of carboxylic acid groups (broad SMARTS) is 1. The molecule has 0 spiro atoms. The van der Waals surface area contributed by atoms with Crippen molar-refractivity contribution in [2.75, 3.05) is 13.2 Å². The molecule has 22 heteroatoms. The maximum Gasteiger partial charge on any atom is 0.335 e. The van der Waals surface area contributed by atoms with E-state index in [-0.39, 0.29) is 44.8 Å². The lowest BCUT2D eigenvalue weighted by molar-refractivity contribution is -0.410. The van der Waals surface area contributed by atoms with Crippen molar-refractivity contribution in [1.29, 1.82) is 0 Å². The average molecular weight is 1090 g/mol.